The van der Waals surface area contributed by atoms with Crippen LogP contribution in [0.3, 0.4) is 0 Å². The first-order chi connectivity index (χ1) is 7.19. The van der Waals surface area contributed by atoms with Crippen LogP contribution in [0.2, 0.25) is 10.0 Å². The monoisotopic (exact) mass is 266 g/mol. The second-order valence-corrected chi connectivity index (χ2v) is 4.32. The van der Waals surface area contributed by atoms with Crippen LogP contribution in [-0.2, 0) is 5.88 Å². The van der Waals surface area contributed by atoms with E-state index in [4.69, 9.17) is 39.5 Å². The van der Waals surface area contributed by atoms with Gasteiger partial charge in [0.1, 0.15) is 5.75 Å². The second kappa shape index (κ2) is 6.47. The maximum Gasteiger partial charge on any atom is 0.142 e. The molecule has 0 aromatic heterocycles. The summed E-state index contributed by atoms with van der Waals surface area (Å²) in [5.74, 6) is 1.01. The standard InChI is InChI=1S/C11H13Cl3O/c1-2-3-4-15-11-8(7-12)5-9(13)6-10(11)14/h5-6H,2-4,7H2,1H3. The van der Waals surface area contributed by atoms with Crippen molar-refractivity contribution in [3.63, 3.8) is 0 Å². The van der Waals surface area contributed by atoms with Gasteiger partial charge in [-0.25, -0.2) is 0 Å². The number of benzene rings is 1. The molecule has 0 saturated carbocycles. The van der Waals surface area contributed by atoms with Crippen LogP contribution < -0.4 is 4.74 Å². The molecule has 0 heterocycles. The fraction of sp³-hybridized carbons (Fsp3) is 0.455. The molecule has 0 spiro atoms. The van der Waals surface area contributed by atoms with E-state index in [1.54, 1.807) is 12.1 Å². The number of hydrogen-bond donors (Lipinski definition) is 0. The highest BCUT2D eigenvalue weighted by atomic mass is 35.5. The predicted molar refractivity (Wildman–Crippen MR) is 66.4 cm³/mol. The molecule has 0 unspecified atom stereocenters. The van der Waals surface area contributed by atoms with Gasteiger partial charge in [0.15, 0.2) is 0 Å². The Hall–Kier alpha value is -0.110. The molecule has 0 bridgehead atoms. The SMILES string of the molecule is CCCCOc1c(Cl)cc(Cl)cc1CCl. The minimum Gasteiger partial charge on any atom is -0.492 e. The van der Waals surface area contributed by atoms with Crippen molar-refractivity contribution in [3.05, 3.63) is 27.7 Å². The maximum atomic E-state index is 6.02. The highest BCUT2D eigenvalue weighted by molar-refractivity contribution is 6.35. The Morgan fingerprint density at radius 1 is 1.27 bits per heavy atom. The zero-order chi connectivity index (χ0) is 11.3. The van der Waals surface area contributed by atoms with Gasteiger partial charge in [-0.1, -0.05) is 36.5 Å². The van der Waals surface area contributed by atoms with Gasteiger partial charge < -0.3 is 4.74 Å². The topological polar surface area (TPSA) is 9.23 Å². The van der Waals surface area contributed by atoms with E-state index in [0.29, 0.717) is 28.3 Å². The zero-order valence-electron chi connectivity index (χ0n) is 8.53. The normalized spacial score (nSPS) is 10.4. The number of ether oxygens (including phenoxy) is 1. The fourth-order valence-electron chi connectivity index (χ4n) is 1.19. The van der Waals surface area contributed by atoms with Gasteiger partial charge in [-0.05, 0) is 18.6 Å². The molecule has 0 atom stereocenters. The number of rotatable bonds is 5. The lowest BCUT2D eigenvalue weighted by molar-refractivity contribution is 0.307. The van der Waals surface area contributed by atoms with Crippen LogP contribution in [0.4, 0.5) is 0 Å². The summed E-state index contributed by atoms with van der Waals surface area (Å²) < 4.78 is 5.58. The molecule has 84 valence electrons. The molecule has 0 radical (unpaired) electrons. The highest BCUT2D eigenvalue weighted by Gasteiger charge is 2.09. The molecule has 1 aromatic rings. The maximum absolute atomic E-state index is 6.02. The Labute approximate surface area is 105 Å². The molecule has 0 fully saturated rings. The van der Waals surface area contributed by atoms with Gasteiger partial charge in [0, 0.05) is 10.6 Å². The summed E-state index contributed by atoms with van der Waals surface area (Å²) in [7, 11) is 0. The summed E-state index contributed by atoms with van der Waals surface area (Å²) in [6.45, 7) is 2.76. The Morgan fingerprint density at radius 2 is 2.00 bits per heavy atom. The summed E-state index contributed by atoms with van der Waals surface area (Å²) in [4.78, 5) is 0. The zero-order valence-corrected chi connectivity index (χ0v) is 10.8. The molecule has 0 saturated heterocycles. The first kappa shape index (κ1) is 13.0. The smallest absolute Gasteiger partial charge is 0.142 e. The summed E-state index contributed by atoms with van der Waals surface area (Å²) in [6.07, 6.45) is 2.09. The molecular weight excluding hydrogens is 254 g/mol. The van der Waals surface area contributed by atoms with Gasteiger partial charge >= 0.3 is 0 Å². The summed E-state index contributed by atoms with van der Waals surface area (Å²) >= 11 is 17.7. The Kier molecular flexibility index (Phi) is 5.59. The first-order valence-corrected chi connectivity index (χ1v) is 6.14. The number of hydrogen-bond acceptors (Lipinski definition) is 1. The van der Waals surface area contributed by atoms with Crippen molar-refractivity contribution in [2.24, 2.45) is 0 Å². The minimum atomic E-state index is 0.349. The van der Waals surface area contributed by atoms with Crippen LogP contribution in [0.15, 0.2) is 12.1 Å². The highest BCUT2D eigenvalue weighted by Crippen LogP contribution is 2.33. The van der Waals surface area contributed by atoms with Crippen LogP contribution in [-0.4, -0.2) is 6.61 Å². The molecule has 0 aliphatic carbocycles. The fourth-order valence-corrected chi connectivity index (χ4v) is 1.98. The van der Waals surface area contributed by atoms with Crippen LogP contribution >= 0.6 is 34.8 Å². The van der Waals surface area contributed by atoms with Crippen LogP contribution in [0, 0.1) is 0 Å². The van der Waals surface area contributed by atoms with Gasteiger partial charge in [0.05, 0.1) is 17.5 Å². The molecule has 0 N–H and O–H groups in total. The molecule has 0 aliphatic heterocycles. The van der Waals surface area contributed by atoms with E-state index < -0.39 is 0 Å². The lowest BCUT2D eigenvalue weighted by Crippen LogP contribution is -1.99. The summed E-state index contributed by atoms with van der Waals surface area (Å²) in [5, 5.41) is 1.10. The second-order valence-electron chi connectivity index (χ2n) is 3.21. The van der Waals surface area contributed by atoms with Gasteiger partial charge in [0.2, 0.25) is 0 Å². The molecule has 1 aromatic carbocycles. The van der Waals surface area contributed by atoms with Crippen molar-refractivity contribution < 1.29 is 4.74 Å². The Bertz CT molecular complexity index is 326. The van der Waals surface area contributed by atoms with E-state index >= 15 is 0 Å². The van der Waals surface area contributed by atoms with Crippen molar-refractivity contribution in [1.29, 1.82) is 0 Å². The van der Waals surface area contributed by atoms with Gasteiger partial charge in [-0.2, -0.15) is 0 Å². The van der Waals surface area contributed by atoms with Crippen LogP contribution in [0.1, 0.15) is 25.3 Å². The van der Waals surface area contributed by atoms with E-state index in [1.807, 2.05) is 0 Å². The molecule has 4 heteroatoms. The minimum absolute atomic E-state index is 0.349. The number of alkyl halides is 1. The molecule has 0 aliphatic rings. The molecule has 15 heavy (non-hydrogen) atoms. The van der Waals surface area contributed by atoms with E-state index in [9.17, 15) is 0 Å². The van der Waals surface area contributed by atoms with Gasteiger partial charge in [-0.15, -0.1) is 11.6 Å². The van der Waals surface area contributed by atoms with Gasteiger partial charge in [-0.3, -0.25) is 0 Å². The molecular formula is C11H13Cl3O. The lowest BCUT2D eigenvalue weighted by Gasteiger charge is -2.11. The summed E-state index contributed by atoms with van der Waals surface area (Å²) in [5.41, 5.74) is 0.838. The van der Waals surface area contributed by atoms with Crippen LogP contribution in [0.5, 0.6) is 5.75 Å². The largest absolute Gasteiger partial charge is 0.492 e. The predicted octanol–water partition coefficient (Wildman–Crippen LogP) is 4.91. The average Bonchev–Trinajstić information content (AvgIpc) is 2.20. The Balaban J connectivity index is 2.84. The third-order valence-electron chi connectivity index (χ3n) is 1.97. The number of halogens is 3. The van der Waals surface area contributed by atoms with E-state index in [2.05, 4.69) is 6.92 Å². The third kappa shape index (κ3) is 3.75. The van der Waals surface area contributed by atoms with Gasteiger partial charge in [0.25, 0.3) is 0 Å². The van der Waals surface area contributed by atoms with Crippen molar-refractivity contribution in [3.8, 4) is 5.75 Å². The van der Waals surface area contributed by atoms with Crippen LogP contribution in [0.25, 0.3) is 0 Å². The number of unbranched alkanes of at least 4 members (excludes halogenated alkanes) is 1. The lowest BCUT2D eigenvalue weighted by atomic mass is 10.2. The van der Waals surface area contributed by atoms with Crippen molar-refractivity contribution in [2.75, 3.05) is 6.61 Å². The first-order valence-electron chi connectivity index (χ1n) is 4.85. The van der Waals surface area contributed by atoms with E-state index in [0.717, 1.165) is 18.4 Å². The third-order valence-corrected chi connectivity index (χ3v) is 2.76. The quantitative estimate of drug-likeness (QED) is 0.544. The average molecular weight is 268 g/mol. The molecule has 1 nitrogen and oxygen atoms in total. The van der Waals surface area contributed by atoms with E-state index in [1.165, 1.54) is 0 Å². The van der Waals surface area contributed by atoms with Crippen molar-refractivity contribution >= 4 is 34.8 Å². The molecule has 0 amide bonds. The van der Waals surface area contributed by atoms with Crippen molar-refractivity contribution in [2.45, 2.75) is 25.6 Å². The Morgan fingerprint density at radius 3 is 2.60 bits per heavy atom. The van der Waals surface area contributed by atoms with E-state index in [-0.39, 0.29) is 0 Å². The van der Waals surface area contributed by atoms with Crippen molar-refractivity contribution in [1.82, 2.24) is 0 Å². The molecule has 1 rings (SSSR count). The summed E-state index contributed by atoms with van der Waals surface area (Å²) in [6, 6.07) is 3.45.